The highest BCUT2D eigenvalue weighted by atomic mass is 32.2. The lowest BCUT2D eigenvalue weighted by Crippen LogP contribution is -2.48. The molecule has 1 fully saturated rings. The summed E-state index contributed by atoms with van der Waals surface area (Å²) in [4.78, 5) is 18.5. The zero-order chi connectivity index (χ0) is 26.3. The molecule has 1 aliphatic rings. The molecule has 1 saturated heterocycles. The van der Waals surface area contributed by atoms with Crippen LogP contribution in [0.4, 0.5) is 11.4 Å². The first-order valence-corrected chi connectivity index (χ1v) is 14.8. The second kappa shape index (κ2) is 12.1. The SMILES string of the molecule is CCCN(CCOS(C)(=O)=O)c1ccc([N+](=O)[O-])cc1S(=O)(=O)N1CCN(Cc2ccncc2)CC1. The van der Waals surface area contributed by atoms with Crippen LogP contribution < -0.4 is 4.90 Å². The van der Waals surface area contributed by atoms with Gasteiger partial charge in [0.05, 0.1) is 23.5 Å². The van der Waals surface area contributed by atoms with Gasteiger partial charge in [-0.05, 0) is 30.2 Å². The fourth-order valence-corrected chi connectivity index (χ4v) is 6.05. The highest BCUT2D eigenvalue weighted by Gasteiger charge is 2.33. The summed E-state index contributed by atoms with van der Waals surface area (Å²) < 4.78 is 56.4. The Balaban J connectivity index is 1.85. The first-order chi connectivity index (χ1) is 17.0. The van der Waals surface area contributed by atoms with Crippen LogP contribution in [0.25, 0.3) is 0 Å². The van der Waals surface area contributed by atoms with Crippen molar-refractivity contribution in [3.8, 4) is 0 Å². The fraction of sp³-hybridized carbons (Fsp3) is 0.500. The first kappa shape index (κ1) is 27.9. The van der Waals surface area contributed by atoms with Gasteiger partial charge in [0.1, 0.15) is 4.90 Å². The fourth-order valence-electron chi connectivity index (χ4n) is 4.02. The van der Waals surface area contributed by atoms with E-state index in [-0.39, 0.29) is 42.5 Å². The van der Waals surface area contributed by atoms with Crippen molar-refractivity contribution in [2.45, 2.75) is 24.8 Å². The standard InChI is InChI=1S/C22H31N5O7S2/c1-3-10-25(15-16-34-35(2,30)31)21-5-4-20(27(28)29)17-22(21)36(32,33)26-13-11-24(12-14-26)18-19-6-8-23-9-7-19/h4-9,17H,3,10-16,18H2,1-2H3. The molecule has 2 aromatic rings. The number of rotatable bonds is 12. The van der Waals surface area contributed by atoms with E-state index < -0.39 is 25.1 Å². The van der Waals surface area contributed by atoms with E-state index >= 15 is 0 Å². The van der Waals surface area contributed by atoms with Gasteiger partial charge >= 0.3 is 0 Å². The molecule has 0 amide bonds. The Kier molecular flexibility index (Phi) is 9.35. The highest BCUT2D eigenvalue weighted by molar-refractivity contribution is 7.89. The molecule has 0 unspecified atom stereocenters. The molecule has 36 heavy (non-hydrogen) atoms. The summed E-state index contributed by atoms with van der Waals surface area (Å²) >= 11 is 0. The summed E-state index contributed by atoms with van der Waals surface area (Å²) in [6.07, 6.45) is 5.00. The highest BCUT2D eigenvalue weighted by Crippen LogP contribution is 2.32. The second-order valence-corrected chi connectivity index (χ2v) is 12.0. The number of aromatic nitrogens is 1. The van der Waals surface area contributed by atoms with Crippen LogP contribution in [0.1, 0.15) is 18.9 Å². The van der Waals surface area contributed by atoms with Gasteiger partial charge in [0.15, 0.2) is 0 Å². The minimum absolute atomic E-state index is 0.0982. The summed E-state index contributed by atoms with van der Waals surface area (Å²) in [7, 11) is -7.74. The van der Waals surface area contributed by atoms with Gasteiger partial charge < -0.3 is 4.90 Å². The van der Waals surface area contributed by atoms with Gasteiger partial charge in [-0.3, -0.25) is 24.2 Å². The van der Waals surface area contributed by atoms with Crippen molar-refractivity contribution in [2.75, 3.05) is 57.0 Å². The van der Waals surface area contributed by atoms with Crippen LogP contribution in [0.15, 0.2) is 47.6 Å². The number of non-ortho nitro benzene ring substituents is 1. The zero-order valence-corrected chi connectivity index (χ0v) is 21.9. The van der Waals surface area contributed by atoms with E-state index in [9.17, 15) is 26.9 Å². The Morgan fingerprint density at radius 3 is 2.31 bits per heavy atom. The van der Waals surface area contributed by atoms with Crippen LogP contribution in [0.2, 0.25) is 0 Å². The molecule has 3 rings (SSSR count). The number of nitrogens with zero attached hydrogens (tertiary/aromatic N) is 5. The van der Waals surface area contributed by atoms with Crippen molar-refractivity contribution in [3.63, 3.8) is 0 Å². The summed E-state index contributed by atoms with van der Waals surface area (Å²) in [5, 5.41) is 11.4. The number of pyridine rings is 1. The van der Waals surface area contributed by atoms with Crippen LogP contribution in [0.3, 0.4) is 0 Å². The van der Waals surface area contributed by atoms with Crippen LogP contribution in [-0.4, -0.2) is 88.1 Å². The maximum absolute atomic E-state index is 13.7. The topological polar surface area (TPSA) is 143 Å². The van der Waals surface area contributed by atoms with E-state index in [2.05, 4.69) is 9.88 Å². The molecule has 0 aliphatic carbocycles. The van der Waals surface area contributed by atoms with Crippen LogP contribution in [-0.2, 0) is 30.9 Å². The molecule has 0 radical (unpaired) electrons. The summed E-state index contributed by atoms with van der Waals surface area (Å²) in [6, 6.07) is 7.55. The van der Waals surface area contributed by atoms with E-state index in [4.69, 9.17) is 4.18 Å². The molecule has 0 saturated carbocycles. The lowest BCUT2D eigenvalue weighted by molar-refractivity contribution is -0.385. The summed E-state index contributed by atoms with van der Waals surface area (Å²) in [5.74, 6) is 0. The maximum Gasteiger partial charge on any atom is 0.270 e. The van der Waals surface area contributed by atoms with E-state index in [1.165, 1.54) is 16.4 Å². The maximum atomic E-state index is 13.7. The van der Waals surface area contributed by atoms with E-state index in [1.54, 1.807) is 17.3 Å². The molecule has 0 N–H and O–H groups in total. The molecule has 2 heterocycles. The molecular formula is C22H31N5O7S2. The van der Waals surface area contributed by atoms with Crippen LogP contribution in [0, 0.1) is 10.1 Å². The average molecular weight is 542 g/mol. The molecular weight excluding hydrogens is 510 g/mol. The number of piperazine rings is 1. The van der Waals surface area contributed by atoms with Crippen molar-refractivity contribution in [3.05, 3.63) is 58.4 Å². The third-order valence-corrected chi connectivity index (χ3v) is 8.27. The minimum atomic E-state index is -4.07. The number of nitro benzene ring substituents is 1. The van der Waals surface area contributed by atoms with Crippen molar-refractivity contribution < 1.29 is 25.9 Å². The predicted molar refractivity (Wildman–Crippen MR) is 135 cm³/mol. The zero-order valence-electron chi connectivity index (χ0n) is 20.3. The van der Waals surface area contributed by atoms with Crippen LogP contribution in [0.5, 0.6) is 0 Å². The third-order valence-electron chi connectivity index (χ3n) is 5.75. The number of anilines is 1. The van der Waals surface area contributed by atoms with Gasteiger partial charge in [-0.15, -0.1) is 0 Å². The molecule has 1 aromatic carbocycles. The Morgan fingerprint density at radius 1 is 1.06 bits per heavy atom. The Bertz CT molecular complexity index is 1250. The van der Waals surface area contributed by atoms with Gasteiger partial charge in [-0.2, -0.15) is 12.7 Å². The molecule has 1 aromatic heterocycles. The van der Waals surface area contributed by atoms with E-state index in [0.717, 1.165) is 17.9 Å². The normalized spacial score (nSPS) is 15.6. The average Bonchev–Trinajstić information content (AvgIpc) is 2.83. The molecule has 14 heteroatoms. The smallest absolute Gasteiger partial charge is 0.270 e. The molecule has 0 spiro atoms. The number of benzene rings is 1. The monoisotopic (exact) mass is 541 g/mol. The molecule has 198 valence electrons. The number of hydrogen-bond donors (Lipinski definition) is 0. The largest absolute Gasteiger partial charge is 0.368 e. The van der Waals surface area contributed by atoms with Crippen molar-refractivity contribution in [1.29, 1.82) is 0 Å². The Morgan fingerprint density at radius 2 is 1.72 bits per heavy atom. The molecule has 0 bridgehead atoms. The van der Waals surface area contributed by atoms with Crippen molar-refractivity contribution in [1.82, 2.24) is 14.2 Å². The predicted octanol–water partition coefficient (Wildman–Crippen LogP) is 1.69. The molecule has 1 aliphatic heterocycles. The number of nitro groups is 1. The Labute approximate surface area is 211 Å². The quantitative estimate of drug-likeness (QED) is 0.221. The van der Waals surface area contributed by atoms with Crippen LogP contribution >= 0.6 is 0 Å². The van der Waals surface area contributed by atoms with Crippen molar-refractivity contribution in [2.24, 2.45) is 0 Å². The van der Waals surface area contributed by atoms with Gasteiger partial charge in [-0.25, -0.2) is 8.42 Å². The lowest BCUT2D eigenvalue weighted by atomic mass is 10.2. The third kappa shape index (κ3) is 7.43. The number of hydrogen-bond acceptors (Lipinski definition) is 10. The number of sulfonamides is 1. The lowest BCUT2D eigenvalue weighted by Gasteiger charge is -2.35. The van der Waals surface area contributed by atoms with Gasteiger partial charge in [-0.1, -0.05) is 6.92 Å². The Hall–Kier alpha value is -2.65. The van der Waals surface area contributed by atoms with Gasteiger partial charge in [0.25, 0.3) is 15.8 Å². The molecule has 12 nitrogen and oxygen atoms in total. The molecule has 0 atom stereocenters. The van der Waals surface area contributed by atoms with E-state index in [0.29, 0.717) is 32.6 Å². The first-order valence-electron chi connectivity index (χ1n) is 11.5. The minimum Gasteiger partial charge on any atom is -0.368 e. The van der Waals surface area contributed by atoms with Gasteiger partial charge in [0, 0.05) is 70.3 Å². The van der Waals surface area contributed by atoms with Gasteiger partial charge in [0.2, 0.25) is 10.0 Å². The van der Waals surface area contributed by atoms with E-state index in [1.807, 2.05) is 19.1 Å². The second-order valence-electron chi connectivity index (χ2n) is 8.46. The summed E-state index contributed by atoms with van der Waals surface area (Å²) in [5.41, 5.74) is 1.02. The summed E-state index contributed by atoms with van der Waals surface area (Å²) in [6.45, 7) is 4.38. The van der Waals surface area contributed by atoms with Crippen molar-refractivity contribution >= 4 is 31.5 Å².